The number of amides is 1. The van der Waals surface area contributed by atoms with Gasteiger partial charge in [0.25, 0.3) is 0 Å². The average molecular weight is 279 g/mol. The summed E-state index contributed by atoms with van der Waals surface area (Å²) in [6, 6.07) is 0. The van der Waals surface area contributed by atoms with Crippen molar-refractivity contribution < 1.29 is 23.1 Å². The molecule has 1 saturated carbocycles. The predicted molar refractivity (Wildman–Crippen MR) is 63.3 cm³/mol. The molecule has 1 aliphatic heterocycles. The normalized spacial score (nSPS) is 32.5. The summed E-state index contributed by atoms with van der Waals surface area (Å²) in [7, 11) is 0. The second-order valence-electron chi connectivity index (χ2n) is 5.91. The first-order valence-electron chi connectivity index (χ1n) is 6.79. The molecule has 0 bridgehead atoms. The Kier molecular flexibility index (Phi) is 3.82. The van der Waals surface area contributed by atoms with Gasteiger partial charge in [-0.2, -0.15) is 13.2 Å². The predicted octanol–water partition coefficient (Wildman–Crippen LogP) is 2.34. The van der Waals surface area contributed by atoms with Gasteiger partial charge in [0.1, 0.15) is 0 Å². The fourth-order valence-electron chi connectivity index (χ4n) is 3.05. The molecule has 2 fully saturated rings. The van der Waals surface area contributed by atoms with Crippen LogP contribution in [0.3, 0.4) is 0 Å². The minimum Gasteiger partial charge on any atom is -0.387 e. The number of likely N-dealkylation sites (tertiary alicyclic amines) is 1. The Morgan fingerprint density at radius 3 is 2.53 bits per heavy atom. The third-order valence-corrected chi connectivity index (χ3v) is 4.58. The summed E-state index contributed by atoms with van der Waals surface area (Å²) in [4.78, 5) is 13.2. The number of aliphatic hydroxyl groups is 1. The van der Waals surface area contributed by atoms with E-state index in [-0.39, 0.29) is 18.4 Å². The monoisotopic (exact) mass is 279 g/mol. The van der Waals surface area contributed by atoms with E-state index in [4.69, 9.17) is 0 Å². The van der Waals surface area contributed by atoms with Gasteiger partial charge in [-0.05, 0) is 18.8 Å². The number of carbonyl (C=O) groups excluding carboxylic acids is 1. The molecule has 19 heavy (non-hydrogen) atoms. The maximum Gasteiger partial charge on any atom is 0.389 e. The van der Waals surface area contributed by atoms with E-state index in [1.807, 2.05) is 6.92 Å². The summed E-state index contributed by atoms with van der Waals surface area (Å²) in [5.41, 5.74) is -0.897. The highest BCUT2D eigenvalue weighted by atomic mass is 19.4. The number of rotatable bonds is 3. The largest absolute Gasteiger partial charge is 0.389 e. The van der Waals surface area contributed by atoms with Crippen molar-refractivity contribution in [2.45, 2.75) is 50.8 Å². The highest BCUT2D eigenvalue weighted by Gasteiger charge is 2.51. The van der Waals surface area contributed by atoms with Gasteiger partial charge in [0, 0.05) is 25.4 Å². The topological polar surface area (TPSA) is 40.5 Å². The van der Waals surface area contributed by atoms with Crippen LogP contribution in [0.2, 0.25) is 0 Å². The lowest BCUT2D eigenvalue weighted by molar-refractivity contribution is -0.149. The Balaban J connectivity index is 1.91. The van der Waals surface area contributed by atoms with Crippen LogP contribution in [0.5, 0.6) is 0 Å². The van der Waals surface area contributed by atoms with Gasteiger partial charge in [-0.15, -0.1) is 0 Å². The molecule has 1 saturated heterocycles. The molecule has 0 aromatic carbocycles. The molecule has 1 amide bonds. The van der Waals surface area contributed by atoms with Crippen molar-refractivity contribution in [2.75, 3.05) is 13.1 Å². The SMILES string of the molecule is CC1CN(C(=O)CCC(F)(F)F)CC1(O)C1CCC1. The van der Waals surface area contributed by atoms with Crippen LogP contribution in [-0.2, 0) is 4.79 Å². The molecule has 3 nitrogen and oxygen atoms in total. The first-order chi connectivity index (χ1) is 8.72. The summed E-state index contributed by atoms with van der Waals surface area (Å²) in [5, 5.41) is 10.6. The van der Waals surface area contributed by atoms with Crippen LogP contribution in [-0.4, -0.2) is 40.8 Å². The van der Waals surface area contributed by atoms with Gasteiger partial charge >= 0.3 is 6.18 Å². The van der Waals surface area contributed by atoms with E-state index in [0.717, 1.165) is 19.3 Å². The van der Waals surface area contributed by atoms with Crippen molar-refractivity contribution in [1.82, 2.24) is 4.90 Å². The zero-order chi connectivity index (χ0) is 14.3. The van der Waals surface area contributed by atoms with Crippen LogP contribution in [0.4, 0.5) is 13.2 Å². The molecule has 110 valence electrons. The van der Waals surface area contributed by atoms with Crippen molar-refractivity contribution in [1.29, 1.82) is 0 Å². The molecule has 2 unspecified atom stereocenters. The summed E-state index contributed by atoms with van der Waals surface area (Å²) in [6.45, 7) is 2.43. The minimum atomic E-state index is -4.30. The molecule has 2 atom stereocenters. The lowest BCUT2D eigenvalue weighted by Gasteiger charge is -2.41. The highest BCUT2D eigenvalue weighted by Crippen LogP contribution is 2.44. The van der Waals surface area contributed by atoms with Crippen molar-refractivity contribution in [3.63, 3.8) is 0 Å². The zero-order valence-electron chi connectivity index (χ0n) is 11.0. The minimum absolute atomic E-state index is 0.0624. The van der Waals surface area contributed by atoms with Crippen molar-refractivity contribution >= 4 is 5.91 Å². The molecular formula is C13H20F3NO2. The van der Waals surface area contributed by atoms with Gasteiger partial charge in [0.15, 0.2) is 0 Å². The zero-order valence-corrected chi connectivity index (χ0v) is 11.0. The van der Waals surface area contributed by atoms with E-state index in [0.29, 0.717) is 6.54 Å². The molecule has 1 aliphatic carbocycles. The lowest BCUT2D eigenvalue weighted by Crippen LogP contribution is -2.48. The standard InChI is InChI=1S/C13H20F3NO2/c1-9-7-17(11(18)5-6-13(14,15)16)8-12(9,19)10-3-2-4-10/h9-10,19H,2-8H2,1H3. The first kappa shape index (κ1) is 14.6. The Hall–Kier alpha value is -0.780. The number of hydrogen-bond acceptors (Lipinski definition) is 2. The summed E-state index contributed by atoms with van der Waals surface area (Å²) in [5.74, 6) is -0.366. The first-order valence-corrected chi connectivity index (χ1v) is 6.79. The molecule has 6 heteroatoms. The summed E-state index contributed by atoms with van der Waals surface area (Å²) >= 11 is 0. The molecule has 2 rings (SSSR count). The third kappa shape index (κ3) is 3.04. The van der Waals surface area contributed by atoms with E-state index >= 15 is 0 Å². The molecule has 0 aromatic heterocycles. The summed E-state index contributed by atoms with van der Waals surface area (Å²) < 4.78 is 36.3. The molecular weight excluding hydrogens is 259 g/mol. The fourth-order valence-corrected chi connectivity index (χ4v) is 3.05. The summed E-state index contributed by atoms with van der Waals surface area (Å²) in [6.07, 6.45) is -2.92. The second kappa shape index (κ2) is 4.96. The molecule has 0 radical (unpaired) electrons. The molecule has 0 aromatic rings. The molecule has 1 N–H and O–H groups in total. The Morgan fingerprint density at radius 2 is 2.05 bits per heavy atom. The maximum absolute atomic E-state index is 12.1. The second-order valence-corrected chi connectivity index (χ2v) is 5.91. The van der Waals surface area contributed by atoms with Crippen LogP contribution in [0.25, 0.3) is 0 Å². The number of halogens is 3. The Bertz CT molecular complexity index is 354. The van der Waals surface area contributed by atoms with Gasteiger partial charge in [-0.1, -0.05) is 13.3 Å². The van der Waals surface area contributed by atoms with Gasteiger partial charge in [0.05, 0.1) is 12.0 Å². The van der Waals surface area contributed by atoms with Gasteiger partial charge in [-0.3, -0.25) is 4.79 Å². The van der Waals surface area contributed by atoms with Crippen LogP contribution in [0, 0.1) is 11.8 Å². The quantitative estimate of drug-likeness (QED) is 0.861. The number of alkyl halides is 3. The van der Waals surface area contributed by atoms with E-state index < -0.39 is 30.5 Å². The van der Waals surface area contributed by atoms with Crippen LogP contribution < -0.4 is 0 Å². The van der Waals surface area contributed by atoms with Crippen molar-refractivity contribution in [3.8, 4) is 0 Å². The van der Waals surface area contributed by atoms with E-state index in [2.05, 4.69) is 0 Å². The van der Waals surface area contributed by atoms with Gasteiger partial charge in [0.2, 0.25) is 5.91 Å². The Morgan fingerprint density at radius 1 is 1.42 bits per heavy atom. The van der Waals surface area contributed by atoms with Crippen LogP contribution >= 0.6 is 0 Å². The van der Waals surface area contributed by atoms with Gasteiger partial charge < -0.3 is 10.0 Å². The molecule has 0 spiro atoms. The number of hydrogen-bond donors (Lipinski definition) is 1. The van der Waals surface area contributed by atoms with Crippen molar-refractivity contribution in [3.05, 3.63) is 0 Å². The number of nitrogens with zero attached hydrogens (tertiary/aromatic N) is 1. The lowest BCUT2D eigenvalue weighted by atomic mass is 9.69. The number of carbonyl (C=O) groups is 1. The molecule has 2 aliphatic rings. The van der Waals surface area contributed by atoms with E-state index in [1.54, 1.807) is 0 Å². The molecule has 1 heterocycles. The fraction of sp³-hybridized carbons (Fsp3) is 0.923. The Labute approximate surface area is 110 Å². The maximum atomic E-state index is 12.1. The van der Waals surface area contributed by atoms with Crippen LogP contribution in [0.1, 0.15) is 39.0 Å². The van der Waals surface area contributed by atoms with E-state index in [1.165, 1.54) is 4.90 Å². The van der Waals surface area contributed by atoms with Crippen LogP contribution in [0.15, 0.2) is 0 Å². The third-order valence-electron chi connectivity index (χ3n) is 4.58. The smallest absolute Gasteiger partial charge is 0.387 e. The average Bonchev–Trinajstić information content (AvgIpc) is 2.48. The highest BCUT2D eigenvalue weighted by molar-refractivity contribution is 5.76. The van der Waals surface area contributed by atoms with E-state index in [9.17, 15) is 23.1 Å². The van der Waals surface area contributed by atoms with Crippen molar-refractivity contribution in [2.24, 2.45) is 11.8 Å². The van der Waals surface area contributed by atoms with Gasteiger partial charge in [-0.25, -0.2) is 0 Å². The number of β-amino-alcohol motifs (C(OH)–C–C–N with tert-alkyl or cyclic N) is 1.